The van der Waals surface area contributed by atoms with E-state index >= 15 is 0 Å². The van der Waals surface area contributed by atoms with Crippen LogP contribution in [0.15, 0.2) is 41.4 Å². The average molecular weight is 537 g/mol. The number of anilines is 1. The molecule has 4 rings (SSSR count). The lowest BCUT2D eigenvalue weighted by Crippen LogP contribution is -2.27. The summed E-state index contributed by atoms with van der Waals surface area (Å²) < 4.78 is 38.4. The molecule has 7 nitrogen and oxygen atoms in total. The van der Waals surface area contributed by atoms with Crippen molar-refractivity contribution in [1.82, 2.24) is 14.9 Å². The predicted octanol–water partition coefficient (Wildman–Crippen LogP) is 5.33. The number of pyridine rings is 1. The number of hydrogen-bond acceptors (Lipinski definition) is 7. The first-order valence-corrected chi connectivity index (χ1v) is 14.2. The van der Waals surface area contributed by atoms with Crippen molar-refractivity contribution in [3.63, 3.8) is 0 Å². The molecule has 1 aliphatic rings. The van der Waals surface area contributed by atoms with Crippen LogP contribution in [0.5, 0.6) is 0 Å². The maximum Gasteiger partial charge on any atom is 0.230 e. The first kappa shape index (κ1) is 25.7. The van der Waals surface area contributed by atoms with E-state index in [1.807, 2.05) is 13.8 Å². The average Bonchev–Trinajstić information content (AvgIpc) is 3.35. The Kier molecular flexibility index (Phi) is 7.56. The Bertz CT molecular complexity index is 1350. The third kappa shape index (κ3) is 5.40. The second-order valence-corrected chi connectivity index (χ2v) is 12.2. The zero-order valence-corrected chi connectivity index (χ0v) is 22.0. The Morgan fingerprint density at radius 2 is 2.03 bits per heavy atom. The van der Waals surface area contributed by atoms with Crippen LogP contribution in [0.4, 0.5) is 9.52 Å². The van der Waals surface area contributed by atoms with Crippen molar-refractivity contribution in [3.05, 3.63) is 69.2 Å². The zero-order valence-electron chi connectivity index (χ0n) is 19.6. The molecule has 0 spiro atoms. The molecule has 3 aromatic rings. The zero-order chi connectivity index (χ0) is 25.3. The van der Waals surface area contributed by atoms with Crippen LogP contribution in [0.25, 0.3) is 0 Å². The highest BCUT2D eigenvalue weighted by molar-refractivity contribution is 7.91. The summed E-state index contributed by atoms with van der Waals surface area (Å²) in [5.41, 5.74) is 1.95. The number of carbonyl (C=O) groups is 1. The third-order valence-corrected chi connectivity index (χ3v) is 9.09. The van der Waals surface area contributed by atoms with Crippen LogP contribution in [-0.2, 0) is 27.6 Å². The third-order valence-electron chi connectivity index (χ3n) is 6.16. The topological polar surface area (TPSA) is 92.3 Å². The second-order valence-electron chi connectivity index (χ2n) is 8.39. The number of nitrogens with zero attached hydrogens (tertiary/aromatic N) is 3. The summed E-state index contributed by atoms with van der Waals surface area (Å²) in [7, 11) is -3.27. The van der Waals surface area contributed by atoms with Gasteiger partial charge in [0.25, 0.3) is 0 Å². The van der Waals surface area contributed by atoms with Crippen LogP contribution in [-0.4, -0.2) is 34.9 Å². The maximum absolute atomic E-state index is 14.5. The first-order valence-electron chi connectivity index (χ1n) is 11.3. The van der Waals surface area contributed by atoms with Crippen molar-refractivity contribution in [2.24, 2.45) is 0 Å². The summed E-state index contributed by atoms with van der Waals surface area (Å²) >= 11 is 7.26. The van der Waals surface area contributed by atoms with Gasteiger partial charge in [0.1, 0.15) is 5.82 Å². The summed E-state index contributed by atoms with van der Waals surface area (Å²) in [6.45, 7) is 6.14. The summed E-state index contributed by atoms with van der Waals surface area (Å²) in [5.74, 6) is -0.632. The van der Waals surface area contributed by atoms with Gasteiger partial charge in [-0.15, -0.1) is 11.3 Å². The fourth-order valence-electron chi connectivity index (χ4n) is 4.28. The van der Waals surface area contributed by atoms with Gasteiger partial charge in [-0.05, 0) is 37.1 Å². The van der Waals surface area contributed by atoms with Gasteiger partial charge in [0, 0.05) is 17.6 Å². The van der Waals surface area contributed by atoms with Gasteiger partial charge in [-0.2, -0.15) is 0 Å². The number of rotatable bonds is 8. The molecule has 0 saturated carbocycles. The molecule has 1 amide bonds. The number of thiazole rings is 1. The smallest absolute Gasteiger partial charge is 0.230 e. The summed E-state index contributed by atoms with van der Waals surface area (Å²) in [6, 6.07) is 7.34. The number of amides is 1. The first-order chi connectivity index (χ1) is 16.6. The van der Waals surface area contributed by atoms with E-state index in [4.69, 9.17) is 11.6 Å². The molecule has 186 valence electrons. The van der Waals surface area contributed by atoms with Gasteiger partial charge < -0.3 is 5.32 Å². The van der Waals surface area contributed by atoms with Crippen molar-refractivity contribution in [1.29, 1.82) is 0 Å². The van der Waals surface area contributed by atoms with Crippen LogP contribution in [0, 0.1) is 5.82 Å². The quantitative estimate of drug-likeness (QED) is 0.418. The molecule has 11 heteroatoms. The van der Waals surface area contributed by atoms with E-state index in [1.54, 1.807) is 19.1 Å². The Labute approximate surface area is 213 Å². The van der Waals surface area contributed by atoms with E-state index in [9.17, 15) is 17.6 Å². The van der Waals surface area contributed by atoms with Crippen LogP contribution >= 0.6 is 22.9 Å². The fraction of sp³-hybridized carbons (Fsp3) is 0.375. The van der Waals surface area contributed by atoms with Gasteiger partial charge in [0.2, 0.25) is 5.91 Å². The van der Waals surface area contributed by atoms with Crippen molar-refractivity contribution >= 4 is 43.8 Å². The van der Waals surface area contributed by atoms with E-state index in [1.165, 1.54) is 35.7 Å². The predicted molar refractivity (Wildman–Crippen MR) is 135 cm³/mol. The summed E-state index contributed by atoms with van der Waals surface area (Å²) in [4.78, 5) is 24.9. The van der Waals surface area contributed by atoms with E-state index in [-0.39, 0.29) is 40.1 Å². The van der Waals surface area contributed by atoms with Crippen molar-refractivity contribution in [2.45, 2.75) is 57.1 Å². The molecule has 2 atom stereocenters. The molecule has 0 fully saturated rings. The van der Waals surface area contributed by atoms with E-state index in [0.717, 1.165) is 17.0 Å². The lowest BCUT2D eigenvalue weighted by Gasteiger charge is -2.29. The van der Waals surface area contributed by atoms with Gasteiger partial charge in [-0.25, -0.2) is 17.8 Å². The SMILES string of the molecule is CC[C@H]1c2nc(NC(=O)Cc3ccc(S(=O)(=O)CC)cc3)sc2CN1[C@@H](C)c1ncc(Cl)cc1F. The number of fused-ring (bicyclic) bond motifs is 1. The van der Waals surface area contributed by atoms with Crippen LogP contribution in [0.2, 0.25) is 5.02 Å². The largest absolute Gasteiger partial charge is 0.302 e. The highest BCUT2D eigenvalue weighted by Gasteiger charge is 2.37. The highest BCUT2D eigenvalue weighted by Crippen LogP contribution is 2.44. The lowest BCUT2D eigenvalue weighted by molar-refractivity contribution is -0.115. The Hall–Kier alpha value is -2.40. The molecule has 1 aromatic carbocycles. The summed E-state index contributed by atoms with van der Waals surface area (Å²) in [6.07, 6.45) is 2.33. The van der Waals surface area contributed by atoms with Gasteiger partial charge in [-0.3, -0.25) is 14.7 Å². The number of nitrogens with one attached hydrogen (secondary N) is 1. The highest BCUT2D eigenvalue weighted by atomic mass is 35.5. The normalized spacial score (nSPS) is 16.8. The monoisotopic (exact) mass is 536 g/mol. The molecule has 1 N–H and O–H groups in total. The molecule has 1 aliphatic heterocycles. The lowest BCUT2D eigenvalue weighted by atomic mass is 10.1. The molecular weight excluding hydrogens is 511 g/mol. The van der Waals surface area contributed by atoms with Crippen molar-refractivity contribution in [3.8, 4) is 0 Å². The van der Waals surface area contributed by atoms with Crippen LogP contribution < -0.4 is 5.32 Å². The minimum absolute atomic E-state index is 0.0214. The Morgan fingerprint density at radius 1 is 1.31 bits per heavy atom. The van der Waals surface area contributed by atoms with Crippen molar-refractivity contribution in [2.75, 3.05) is 11.1 Å². The second kappa shape index (κ2) is 10.3. The van der Waals surface area contributed by atoms with Gasteiger partial charge in [0.15, 0.2) is 15.0 Å². The van der Waals surface area contributed by atoms with Gasteiger partial charge >= 0.3 is 0 Å². The standard InChI is InChI=1S/C24H26ClFN4O3S2/c1-4-19-23-20(13-30(19)14(3)22-18(26)11-16(25)12-27-22)34-24(29-23)28-21(31)10-15-6-8-17(9-7-15)35(32,33)5-2/h6-9,11-12,14,19H,4-5,10,13H2,1-3H3,(H,28,29,31)/t14-,19-/m0/s1. The molecule has 35 heavy (non-hydrogen) atoms. The molecule has 0 saturated heterocycles. The van der Waals surface area contributed by atoms with E-state index < -0.39 is 15.7 Å². The Morgan fingerprint density at radius 3 is 2.66 bits per heavy atom. The minimum Gasteiger partial charge on any atom is -0.302 e. The molecule has 0 aliphatic carbocycles. The number of benzene rings is 1. The molecular formula is C24H26ClFN4O3S2. The maximum atomic E-state index is 14.5. The number of aromatic nitrogens is 2. The number of carbonyl (C=O) groups excluding carboxylic acids is 1. The van der Waals surface area contributed by atoms with Gasteiger partial charge in [-0.1, -0.05) is 37.6 Å². The molecule has 0 unspecified atom stereocenters. The fourth-order valence-corrected chi connectivity index (χ4v) is 6.35. The van der Waals surface area contributed by atoms with Crippen LogP contribution in [0.3, 0.4) is 0 Å². The van der Waals surface area contributed by atoms with E-state index in [2.05, 4.69) is 20.2 Å². The molecule has 0 bridgehead atoms. The van der Waals surface area contributed by atoms with E-state index in [0.29, 0.717) is 22.9 Å². The molecule has 3 heterocycles. The number of halogens is 2. The van der Waals surface area contributed by atoms with Crippen LogP contribution in [0.1, 0.15) is 61.1 Å². The minimum atomic E-state index is -3.27. The summed E-state index contributed by atoms with van der Waals surface area (Å²) in [5, 5.41) is 3.64. The van der Waals surface area contributed by atoms with Gasteiger partial charge in [0.05, 0.1) is 45.6 Å². The Balaban J connectivity index is 1.43. The molecule has 2 aromatic heterocycles. The molecule has 0 radical (unpaired) electrons. The number of hydrogen-bond donors (Lipinski definition) is 1. The number of sulfone groups is 1. The van der Waals surface area contributed by atoms with Crippen molar-refractivity contribution < 1.29 is 17.6 Å².